The smallest absolute Gasteiger partial charge is 0.228 e. The molecule has 0 saturated carbocycles. The first kappa shape index (κ1) is 14.9. The molecule has 0 radical (unpaired) electrons. The maximum atomic E-state index is 13.3. The number of nitrogens with one attached hydrogen (secondary N) is 2. The molecule has 2 rings (SSSR count). The Kier molecular flexibility index (Phi) is 5.50. The van der Waals surface area contributed by atoms with Crippen LogP contribution in [0, 0.1) is 17.6 Å². The molecule has 1 heterocycles. The molecule has 1 aromatic carbocycles. The van der Waals surface area contributed by atoms with E-state index in [1.54, 1.807) is 0 Å². The molecule has 1 amide bonds. The lowest BCUT2D eigenvalue weighted by molar-refractivity contribution is -0.120. The second kappa shape index (κ2) is 6.66. The van der Waals surface area contributed by atoms with Crippen LogP contribution in [-0.2, 0) is 4.79 Å². The van der Waals surface area contributed by atoms with Crippen molar-refractivity contribution >= 4 is 24.0 Å². The van der Waals surface area contributed by atoms with Crippen LogP contribution in [0.3, 0.4) is 0 Å². The summed E-state index contributed by atoms with van der Waals surface area (Å²) < 4.78 is 26.0. The number of piperidine rings is 1. The van der Waals surface area contributed by atoms with Gasteiger partial charge in [-0.1, -0.05) is 0 Å². The molecule has 6 heteroatoms. The summed E-state index contributed by atoms with van der Waals surface area (Å²) in [4.78, 5) is 11.8. The van der Waals surface area contributed by atoms with E-state index in [0.29, 0.717) is 6.54 Å². The van der Waals surface area contributed by atoms with Crippen molar-refractivity contribution in [3.8, 4) is 0 Å². The van der Waals surface area contributed by atoms with E-state index in [9.17, 15) is 13.6 Å². The molecular formula is C12H15ClF2N2O. The monoisotopic (exact) mass is 276 g/mol. The molecule has 1 fully saturated rings. The number of rotatable bonds is 2. The highest BCUT2D eigenvalue weighted by Crippen LogP contribution is 2.18. The number of anilines is 1. The molecule has 1 unspecified atom stereocenters. The number of amides is 1. The zero-order valence-corrected chi connectivity index (χ0v) is 10.5. The second-order valence-electron chi connectivity index (χ2n) is 4.16. The molecule has 1 aromatic rings. The molecule has 3 nitrogen and oxygen atoms in total. The molecule has 18 heavy (non-hydrogen) atoms. The van der Waals surface area contributed by atoms with Crippen molar-refractivity contribution in [2.45, 2.75) is 12.8 Å². The fourth-order valence-corrected chi connectivity index (χ4v) is 1.90. The van der Waals surface area contributed by atoms with Crippen LogP contribution in [0.25, 0.3) is 0 Å². The van der Waals surface area contributed by atoms with Crippen molar-refractivity contribution in [1.29, 1.82) is 0 Å². The van der Waals surface area contributed by atoms with Gasteiger partial charge in [-0.2, -0.15) is 0 Å². The van der Waals surface area contributed by atoms with Crippen LogP contribution in [-0.4, -0.2) is 19.0 Å². The Hall–Kier alpha value is -1.20. The first-order valence-electron chi connectivity index (χ1n) is 5.63. The summed E-state index contributed by atoms with van der Waals surface area (Å²) in [7, 11) is 0. The third kappa shape index (κ3) is 3.65. The second-order valence-corrected chi connectivity index (χ2v) is 4.16. The van der Waals surface area contributed by atoms with E-state index >= 15 is 0 Å². The molecule has 100 valence electrons. The Morgan fingerprint density at radius 1 is 1.39 bits per heavy atom. The Labute approximate surface area is 110 Å². The van der Waals surface area contributed by atoms with Crippen LogP contribution in [0.15, 0.2) is 18.2 Å². The van der Waals surface area contributed by atoms with Crippen LogP contribution in [0.4, 0.5) is 14.5 Å². The third-order valence-electron chi connectivity index (χ3n) is 2.86. The quantitative estimate of drug-likeness (QED) is 0.870. The Bertz CT molecular complexity index is 423. The highest BCUT2D eigenvalue weighted by molar-refractivity contribution is 5.92. The van der Waals surface area contributed by atoms with Crippen molar-refractivity contribution in [2.24, 2.45) is 5.92 Å². The number of halogens is 3. The number of hydrogen-bond donors (Lipinski definition) is 2. The van der Waals surface area contributed by atoms with E-state index in [4.69, 9.17) is 0 Å². The van der Waals surface area contributed by atoms with Gasteiger partial charge in [0.2, 0.25) is 5.91 Å². The van der Waals surface area contributed by atoms with Gasteiger partial charge in [0.05, 0.1) is 11.6 Å². The average molecular weight is 277 g/mol. The van der Waals surface area contributed by atoms with Crippen LogP contribution >= 0.6 is 12.4 Å². The molecule has 1 atom stereocenters. The molecule has 1 aliphatic heterocycles. The minimum Gasteiger partial charge on any atom is -0.323 e. The fourth-order valence-electron chi connectivity index (χ4n) is 1.90. The van der Waals surface area contributed by atoms with E-state index in [-0.39, 0.29) is 29.9 Å². The van der Waals surface area contributed by atoms with Crippen molar-refractivity contribution in [3.63, 3.8) is 0 Å². The summed E-state index contributed by atoms with van der Waals surface area (Å²) in [6, 6.07) is 3.12. The Morgan fingerprint density at radius 3 is 2.78 bits per heavy atom. The van der Waals surface area contributed by atoms with Gasteiger partial charge >= 0.3 is 0 Å². The fraction of sp³-hybridized carbons (Fsp3) is 0.417. The van der Waals surface area contributed by atoms with Gasteiger partial charge in [0.25, 0.3) is 0 Å². The summed E-state index contributed by atoms with van der Waals surface area (Å²) in [6.07, 6.45) is 1.73. The van der Waals surface area contributed by atoms with Gasteiger partial charge in [0.1, 0.15) is 11.6 Å². The van der Waals surface area contributed by atoms with Gasteiger partial charge < -0.3 is 10.6 Å². The van der Waals surface area contributed by atoms with E-state index in [2.05, 4.69) is 10.6 Å². The van der Waals surface area contributed by atoms with Crippen LogP contribution in [0.1, 0.15) is 12.8 Å². The predicted molar refractivity (Wildman–Crippen MR) is 67.8 cm³/mol. The number of hydrogen-bond acceptors (Lipinski definition) is 2. The Morgan fingerprint density at radius 2 is 2.17 bits per heavy atom. The number of carbonyl (C=O) groups is 1. The maximum Gasteiger partial charge on any atom is 0.228 e. The lowest BCUT2D eigenvalue weighted by atomic mass is 9.99. The van der Waals surface area contributed by atoms with Crippen LogP contribution < -0.4 is 10.6 Å². The minimum atomic E-state index is -0.748. The minimum absolute atomic E-state index is 0. The standard InChI is InChI=1S/C12H14F2N2O.ClH/c13-9-3-4-11(10(14)6-9)16-12(17)8-2-1-5-15-7-8;/h3-4,6,8,15H,1-2,5,7H2,(H,16,17);1H. The maximum absolute atomic E-state index is 13.3. The largest absolute Gasteiger partial charge is 0.323 e. The average Bonchev–Trinajstić information content (AvgIpc) is 2.34. The lowest BCUT2D eigenvalue weighted by Gasteiger charge is -2.21. The predicted octanol–water partition coefficient (Wildman–Crippen LogP) is 2.32. The molecule has 1 aliphatic rings. The number of carbonyl (C=O) groups excluding carboxylic acids is 1. The zero-order chi connectivity index (χ0) is 12.3. The summed E-state index contributed by atoms with van der Waals surface area (Å²) in [5.74, 6) is -1.77. The highest BCUT2D eigenvalue weighted by atomic mass is 35.5. The summed E-state index contributed by atoms with van der Waals surface area (Å²) in [5, 5.41) is 5.60. The summed E-state index contributed by atoms with van der Waals surface area (Å²) in [6.45, 7) is 1.52. The third-order valence-corrected chi connectivity index (χ3v) is 2.86. The molecule has 0 spiro atoms. The zero-order valence-electron chi connectivity index (χ0n) is 9.71. The van der Waals surface area contributed by atoms with Crippen LogP contribution in [0.5, 0.6) is 0 Å². The van der Waals surface area contributed by atoms with E-state index in [1.165, 1.54) is 6.07 Å². The van der Waals surface area contributed by atoms with E-state index in [0.717, 1.165) is 31.5 Å². The molecule has 0 bridgehead atoms. The molecular weight excluding hydrogens is 262 g/mol. The lowest BCUT2D eigenvalue weighted by Crippen LogP contribution is -2.37. The number of benzene rings is 1. The van der Waals surface area contributed by atoms with E-state index in [1.807, 2.05) is 0 Å². The van der Waals surface area contributed by atoms with Gasteiger partial charge in [-0.25, -0.2) is 8.78 Å². The normalized spacial score (nSPS) is 18.9. The molecule has 0 aromatic heterocycles. The van der Waals surface area contributed by atoms with Crippen molar-refractivity contribution < 1.29 is 13.6 Å². The van der Waals surface area contributed by atoms with Gasteiger partial charge in [-0.05, 0) is 31.5 Å². The van der Waals surface area contributed by atoms with Crippen molar-refractivity contribution in [3.05, 3.63) is 29.8 Å². The summed E-state index contributed by atoms with van der Waals surface area (Å²) in [5.41, 5.74) is 0.0296. The highest BCUT2D eigenvalue weighted by Gasteiger charge is 2.21. The topological polar surface area (TPSA) is 41.1 Å². The first-order valence-corrected chi connectivity index (χ1v) is 5.63. The van der Waals surface area contributed by atoms with Gasteiger partial charge in [-0.15, -0.1) is 12.4 Å². The van der Waals surface area contributed by atoms with Crippen molar-refractivity contribution in [2.75, 3.05) is 18.4 Å². The van der Waals surface area contributed by atoms with Gasteiger partial charge in [0.15, 0.2) is 0 Å². The summed E-state index contributed by atoms with van der Waals surface area (Å²) >= 11 is 0. The van der Waals surface area contributed by atoms with Crippen LogP contribution in [0.2, 0.25) is 0 Å². The van der Waals surface area contributed by atoms with Gasteiger partial charge in [0, 0.05) is 12.6 Å². The Balaban J connectivity index is 0.00000162. The molecule has 0 aliphatic carbocycles. The molecule has 2 N–H and O–H groups in total. The first-order chi connectivity index (χ1) is 8.16. The van der Waals surface area contributed by atoms with E-state index < -0.39 is 11.6 Å². The van der Waals surface area contributed by atoms with Crippen molar-refractivity contribution in [1.82, 2.24) is 5.32 Å². The molecule has 1 saturated heterocycles. The van der Waals surface area contributed by atoms with Gasteiger partial charge in [-0.3, -0.25) is 4.79 Å². The SMILES string of the molecule is Cl.O=C(Nc1ccc(F)cc1F)C1CCCNC1.